The molecular weight excluding hydrogens is 414 g/mol. The molecule has 170 valence electrons. The minimum absolute atomic E-state index is 0.0618. The summed E-state index contributed by atoms with van der Waals surface area (Å²) in [7, 11) is 3.49. The molecule has 3 rings (SSSR count). The van der Waals surface area contributed by atoms with Crippen molar-refractivity contribution in [1.82, 2.24) is 20.4 Å². The highest BCUT2D eigenvalue weighted by atomic mass is 15.2. The number of nitriles is 1. The third-order valence-electron chi connectivity index (χ3n) is 5.86. The number of aromatic nitrogens is 2. The van der Waals surface area contributed by atoms with Crippen LogP contribution in [0, 0.1) is 40.4 Å². The minimum atomic E-state index is 0.0618. The van der Waals surface area contributed by atoms with Gasteiger partial charge in [0.25, 0.3) is 0 Å². The van der Waals surface area contributed by atoms with Gasteiger partial charge in [0.05, 0.1) is 35.2 Å². The lowest BCUT2D eigenvalue weighted by Gasteiger charge is -2.36. The number of piperidine rings is 1. The molecule has 1 aromatic heterocycles. The minimum Gasteiger partial charge on any atom is -0.394 e. The molecule has 1 aliphatic rings. The SMILES string of the molecule is CN/C=C\C(=N)c1ccc(-c2cnnc(C)c2)c(N2CCC(C(=N)N(C)C=N)CC2)c1C#N. The predicted molar refractivity (Wildman–Crippen MR) is 131 cm³/mol. The van der Waals surface area contributed by atoms with Crippen LogP contribution >= 0.6 is 0 Å². The van der Waals surface area contributed by atoms with Gasteiger partial charge in [-0.15, -0.1) is 0 Å². The average molecular weight is 444 g/mol. The molecule has 33 heavy (non-hydrogen) atoms. The largest absolute Gasteiger partial charge is 0.394 e. The van der Waals surface area contributed by atoms with Crippen molar-refractivity contribution in [2.75, 3.05) is 32.1 Å². The van der Waals surface area contributed by atoms with Crippen molar-refractivity contribution in [3.05, 3.63) is 53.5 Å². The fraction of sp³-hybridized carbons (Fsp3) is 0.333. The highest BCUT2D eigenvalue weighted by molar-refractivity contribution is 6.10. The maximum Gasteiger partial charge on any atom is 0.104 e. The second-order valence-corrected chi connectivity index (χ2v) is 8.00. The van der Waals surface area contributed by atoms with Crippen LogP contribution in [0.25, 0.3) is 11.1 Å². The van der Waals surface area contributed by atoms with Crippen LogP contribution in [0.1, 0.15) is 29.7 Å². The van der Waals surface area contributed by atoms with Crippen molar-refractivity contribution < 1.29 is 0 Å². The van der Waals surface area contributed by atoms with E-state index >= 15 is 0 Å². The number of nitrogens with one attached hydrogen (secondary N) is 4. The van der Waals surface area contributed by atoms with Crippen molar-refractivity contribution >= 4 is 23.6 Å². The molecule has 0 atom stereocenters. The van der Waals surface area contributed by atoms with E-state index in [0.717, 1.165) is 41.7 Å². The summed E-state index contributed by atoms with van der Waals surface area (Å²) in [5.74, 6) is 0.499. The molecule has 0 saturated carbocycles. The van der Waals surface area contributed by atoms with Crippen LogP contribution in [0.4, 0.5) is 5.69 Å². The molecule has 4 N–H and O–H groups in total. The molecule has 1 aromatic carbocycles. The van der Waals surface area contributed by atoms with Crippen LogP contribution in [-0.4, -0.2) is 60.2 Å². The highest BCUT2D eigenvalue weighted by Gasteiger charge is 2.28. The van der Waals surface area contributed by atoms with Crippen molar-refractivity contribution in [3.8, 4) is 17.2 Å². The monoisotopic (exact) mass is 443 g/mol. The normalized spacial score (nSPS) is 14.1. The molecular formula is C24H29N9. The second-order valence-electron chi connectivity index (χ2n) is 8.00. The number of benzene rings is 1. The van der Waals surface area contributed by atoms with E-state index in [2.05, 4.69) is 26.5 Å². The number of allylic oxidation sites excluding steroid dienone is 1. The Balaban J connectivity index is 2.06. The van der Waals surface area contributed by atoms with E-state index in [1.165, 1.54) is 4.90 Å². The Morgan fingerprint density at radius 2 is 2.03 bits per heavy atom. The van der Waals surface area contributed by atoms with Gasteiger partial charge in [0.2, 0.25) is 0 Å². The maximum absolute atomic E-state index is 10.2. The molecule has 0 unspecified atom stereocenters. The summed E-state index contributed by atoms with van der Waals surface area (Å²) in [5, 5.41) is 45.4. The first-order chi connectivity index (χ1) is 15.9. The van der Waals surface area contributed by atoms with Crippen LogP contribution in [0.2, 0.25) is 0 Å². The van der Waals surface area contributed by atoms with Gasteiger partial charge in [0.15, 0.2) is 0 Å². The van der Waals surface area contributed by atoms with Gasteiger partial charge < -0.3 is 20.5 Å². The van der Waals surface area contributed by atoms with Crippen LogP contribution < -0.4 is 10.2 Å². The third kappa shape index (κ3) is 5.06. The molecule has 1 saturated heterocycles. The molecule has 9 heteroatoms. The average Bonchev–Trinajstić information content (AvgIpc) is 2.85. The lowest BCUT2D eigenvalue weighted by atomic mass is 9.90. The van der Waals surface area contributed by atoms with E-state index in [1.807, 2.05) is 25.1 Å². The smallest absolute Gasteiger partial charge is 0.104 e. The molecule has 0 amide bonds. The Labute approximate surface area is 194 Å². The summed E-state index contributed by atoms with van der Waals surface area (Å²) in [5.41, 5.74) is 4.60. The molecule has 2 heterocycles. The topological polar surface area (TPSA) is 140 Å². The van der Waals surface area contributed by atoms with E-state index in [0.29, 0.717) is 30.1 Å². The predicted octanol–water partition coefficient (Wildman–Crippen LogP) is 3.16. The van der Waals surface area contributed by atoms with E-state index in [1.54, 1.807) is 32.6 Å². The number of aryl methyl sites for hydroxylation is 1. The van der Waals surface area contributed by atoms with Crippen LogP contribution in [0.3, 0.4) is 0 Å². The third-order valence-corrected chi connectivity index (χ3v) is 5.86. The summed E-state index contributed by atoms with van der Waals surface area (Å²) in [4.78, 5) is 3.71. The Morgan fingerprint density at radius 1 is 1.30 bits per heavy atom. The van der Waals surface area contributed by atoms with Crippen LogP contribution in [0.15, 0.2) is 36.7 Å². The van der Waals surface area contributed by atoms with E-state index in [9.17, 15) is 5.26 Å². The number of hydrogen-bond acceptors (Lipinski definition) is 8. The zero-order valence-electron chi connectivity index (χ0n) is 19.2. The Kier molecular flexibility index (Phi) is 7.51. The van der Waals surface area contributed by atoms with Crippen molar-refractivity contribution in [2.45, 2.75) is 19.8 Å². The Morgan fingerprint density at radius 3 is 2.64 bits per heavy atom. The summed E-state index contributed by atoms with van der Waals surface area (Å²) >= 11 is 0. The highest BCUT2D eigenvalue weighted by Crippen LogP contribution is 2.38. The lowest BCUT2D eigenvalue weighted by molar-refractivity contribution is 0.473. The van der Waals surface area contributed by atoms with Gasteiger partial charge in [-0.2, -0.15) is 15.5 Å². The number of anilines is 1. The van der Waals surface area contributed by atoms with Crippen molar-refractivity contribution in [1.29, 1.82) is 21.5 Å². The van der Waals surface area contributed by atoms with Crippen LogP contribution in [-0.2, 0) is 0 Å². The van der Waals surface area contributed by atoms with Gasteiger partial charge in [-0.05, 0) is 38.1 Å². The molecule has 2 aromatic rings. The molecule has 9 nitrogen and oxygen atoms in total. The first-order valence-corrected chi connectivity index (χ1v) is 10.8. The molecule has 0 spiro atoms. The fourth-order valence-electron chi connectivity index (χ4n) is 4.10. The van der Waals surface area contributed by atoms with Gasteiger partial charge in [-0.3, -0.25) is 10.8 Å². The molecule has 0 bridgehead atoms. The van der Waals surface area contributed by atoms with Crippen LogP contribution in [0.5, 0.6) is 0 Å². The summed E-state index contributed by atoms with van der Waals surface area (Å²) in [6.45, 7) is 3.22. The van der Waals surface area contributed by atoms with Gasteiger partial charge >= 0.3 is 0 Å². The zero-order valence-corrected chi connectivity index (χ0v) is 19.2. The van der Waals surface area contributed by atoms with E-state index in [4.69, 9.17) is 16.2 Å². The Bertz CT molecular complexity index is 1120. The molecule has 0 radical (unpaired) electrons. The molecule has 0 aliphatic carbocycles. The number of amidine groups is 1. The Hall–Kier alpha value is -4.06. The van der Waals surface area contributed by atoms with E-state index < -0.39 is 0 Å². The standard InChI is InChI=1S/C24H29N9/c1-16-12-18(14-30-31-16)19-4-5-20(22(27)6-9-29-2)21(13-25)23(19)33-10-7-17(8-11-33)24(28)32(3)15-26/h4-6,9,12,14-15,17,26-29H,7-8,10-11H2,1-3H3/b9-6-,26-15?,27-22?,28-24?. The fourth-order valence-corrected chi connectivity index (χ4v) is 4.10. The van der Waals surface area contributed by atoms with Gasteiger partial charge in [0.1, 0.15) is 11.9 Å². The number of nitrogens with zero attached hydrogens (tertiary/aromatic N) is 5. The van der Waals surface area contributed by atoms with Crippen molar-refractivity contribution in [3.63, 3.8) is 0 Å². The van der Waals surface area contributed by atoms with Gasteiger partial charge in [-0.1, -0.05) is 12.1 Å². The number of hydrogen-bond donors (Lipinski definition) is 4. The summed E-state index contributed by atoms with van der Waals surface area (Å²) in [6, 6.07) is 8.06. The van der Waals surface area contributed by atoms with Crippen molar-refractivity contribution in [2.24, 2.45) is 5.92 Å². The van der Waals surface area contributed by atoms with Gasteiger partial charge in [-0.25, -0.2) is 0 Å². The molecule has 1 fully saturated rings. The first-order valence-electron chi connectivity index (χ1n) is 10.8. The second kappa shape index (κ2) is 10.5. The maximum atomic E-state index is 10.2. The number of rotatable bonds is 7. The summed E-state index contributed by atoms with van der Waals surface area (Å²) < 4.78 is 0. The quantitative estimate of drug-likeness (QED) is 0.383. The van der Waals surface area contributed by atoms with E-state index in [-0.39, 0.29) is 11.6 Å². The summed E-state index contributed by atoms with van der Waals surface area (Å²) in [6.07, 6.45) is 7.66. The first kappa shape index (κ1) is 23.6. The molecule has 1 aliphatic heterocycles. The zero-order chi connectivity index (χ0) is 24.0. The lowest BCUT2D eigenvalue weighted by Crippen LogP contribution is -2.41. The van der Waals surface area contributed by atoms with Gasteiger partial charge in [0, 0.05) is 49.8 Å².